The fourth-order valence-electron chi connectivity index (χ4n) is 1.99. The van der Waals surface area contributed by atoms with E-state index in [1.165, 1.54) is 17.0 Å². The van der Waals surface area contributed by atoms with E-state index in [-0.39, 0.29) is 24.0 Å². The highest BCUT2D eigenvalue weighted by molar-refractivity contribution is 7.92. The third-order valence-electron chi connectivity index (χ3n) is 3.30. The summed E-state index contributed by atoms with van der Waals surface area (Å²) in [4.78, 5) is 13.4. The molecule has 0 atom stereocenters. The Morgan fingerprint density at radius 3 is 2.57 bits per heavy atom. The highest BCUT2D eigenvalue weighted by Gasteiger charge is 2.40. The minimum Gasteiger partial charge on any atom is -0.383 e. The van der Waals surface area contributed by atoms with Gasteiger partial charge in [0.05, 0.1) is 11.5 Å². The van der Waals surface area contributed by atoms with Gasteiger partial charge in [-0.05, 0) is 24.3 Å². The number of carbonyl (C=O) groups excluding carboxylic acids is 1. The topological polar surface area (TPSA) is 75.7 Å². The van der Waals surface area contributed by atoms with Crippen molar-refractivity contribution in [3.63, 3.8) is 0 Å². The molecule has 1 aliphatic rings. The van der Waals surface area contributed by atoms with Crippen LogP contribution in [-0.2, 0) is 14.6 Å². The summed E-state index contributed by atoms with van der Waals surface area (Å²) in [7, 11) is -1.87. The lowest BCUT2D eigenvalue weighted by Crippen LogP contribution is -2.59. The Labute approximate surface area is 128 Å². The molecule has 2 rings (SSSR count). The van der Waals surface area contributed by atoms with Gasteiger partial charge >= 0.3 is 6.03 Å². The summed E-state index contributed by atoms with van der Waals surface area (Å²) < 4.78 is 29.5. The van der Waals surface area contributed by atoms with E-state index < -0.39 is 15.1 Å². The third kappa shape index (κ3) is 3.66. The molecule has 116 valence electrons. The number of benzene rings is 1. The van der Waals surface area contributed by atoms with E-state index in [2.05, 4.69) is 5.32 Å². The molecule has 1 fully saturated rings. The lowest BCUT2D eigenvalue weighted by atomic mass is 10.2. The summed E-state index contributed by atoms with van der Waals surface area (Å²) in [5, 5.41) is 2.58. The van der Waals surface area contributed by atoms with Crippen LogP contribution in [0.1, 0.15) is 0 Å². The number of sulfone groups is 1. The first-order valence-corrected chi connectivity index (χ1v) is 8.38. The second-order valence-electron chi connectivity index (χ2n) is 4.75. The number of likely N-dealkylation sites (tertiary alicyclic amines) is 1. The van der Waals surface area contributed by atoms with Gasteiger partial charge < -0.3 is 15.0 Å². The number of rotatable bonds is 5. The summed E-state index contributed by atoms with van der Waals surface area (Å²) in [5.41, 5.74) is 0. The number of carbonyl (C=O) groups is 1. The molecule has 2 amide bonds. The molecule has 0 radical (unpaired) electrons. The van der Waals surface area contributed by atoms with Crippen LogP contribution in [0.4, 0.5) is 4.79 Å². The third-order valence-corrected chi connectivity index (χ3v) is 5.66. The van der Waals surface area contributed by atoms with Gasteiger partial charge in [-0.15, -0.1) is 0 Å². The summed E-state index contributed by atoms with van der Waals surface area (Å²) in [5.74, 6) is 0. The number of nitrogens with one attached hydrogen (secondary N) is 1. The Bertz CT molecular complexity index is 597. The van der Waals surface area contributed by atoms with Crippen LogP contribution < -0.4 is 5.32 Å². The first kappa shape index (κ1) is 16.1. The summed E-state index contributed by atoms with van der Waals surface area (Å²) in [6.45, 7) is 1.22. The Hall–Kier alpha value is -1.31. The number of hydrogen-bond acceptors (Lipinski definition) is 4. The molecule has 21 heavy (non-hydrogen) atoms. The van der Waals surface area contributed by atoms with E-state index in [4.69, 9.17) is 16.3 Å². The predicted octanol–water partition coefficient (Wildman–Crippen LogP) is 1.15. The van der Waals surface area contributed by atoms with Crippen molar-refractivity contribution < 1.29 is 17.9 Å². The number of amides is 2. The van der Waals surface area contributed by atoms with Gasteiger partial charge in [-0.1, -0.05) is 11.6 Å². The quantitative estimate of drug-likeness (QED) is 0.821. The lowest BCUT2D eigenvalue weighted by Gasteiger charge is -2.38. The van der Waals surface area contributed by atoms with E-state index in [1.54, 1.807) is 19.2 Å². The molecular formula is C13H17ClN2O4S. The number of ether oxygens (including phenoxy) is 1. The maximum Gasteiger partial charge on any atom is 0.317 e. The van der Waals surface area contributed by atoms with Crippen molar-refractivity contribution in [1.29, 1.82) is 0 Å². The van der Waals surface area contributed by atoms with Gasteiger partial charge in [-0.25, -0.2) is 13.2 Å². The number of hydrogen-bond donors (Lipinski definition) is 1. The van der Waals surface area contributed by atoms with Crippen LogP contribution in [0.3, 0.4) is 0 Å². The second kappa shape index (κ2) is 6.64. The maximum atomic E-state index is 12.3. The van der Waals surface area contributed by atoms with Gasteiger partial charge in [0.15, 0.2) is 9.84 Å². The lowest BCUT2D eigenvalue weighted by molar-refractivity contribution is 0.160. The molecular weight excluding hydrogens is 316 g/mol. The molecule has 1 saturated heterocycles. The molecule has 0 saturated carbocycles. The van der Waals surface area contributed by atoms with Gasteiger partial charge in [0, 0.05) is 31.8 Å². The molecule has 0 aromatic heterocycles. The van der Waals surface area contributed by atoms with Crippen molar-refractivity contribution in [2.75, 3.05) is 33.4 Å². The van der Waals surface area contributed by atoms with Crippen molar-refractivity contribution in [3.8, 4) is 0 Å². The first-order chi connectivity index (χ1) is 9.95. The number of halogens is 1. The minimum absolute atomic E-state index is 0.198. The van der Waals surface area contributed by atoms with Crippen LogP contribution in [0.15, 0.2) is 29.2 Å². The van der Waals surface area contributed by atoms with Crippen LogP contribution in [0, 0.1) is 0 Å². The van der Waals surface area contributed by atoms with Crippen molar-refractivity contribution in [2.45, 2.75) is 10.1 Å². The fraction of sp³-hybridized carbons (Fsp3) is 0.462. The summed E-state index contributed by atoms with van der Waals surface area (Å²) in [6, 6.07) is 5.79. The number of urea groups is 1. The molecule has 0 bridgehead atoms. The SMILES string of the molecule is COCCNC(=O)N1CC(S(=O)(=O)c2ccc(Cl)cc2)C1. The van der Waals surface area contributed by atoms with Crippen LogP contribution in [0.2, 0.25) is 5.02 Å². The van der Waals surface area contributed by atoms with Crippen LogP contribution in [0.25, 0.3) is 0 Å². The zero-order valence-corrected chi connectivity index (χ0v) is 13.2. The van der Waals surface area contributed by atoms with Crippen LogP contribution in [-0.4, -0.2) is 57.9 Å². The van der Waals surface area contributed by atoms with E-state index in [0.717, 1.165) is 0 Å². The molecule has 1 aliphatic heterocycles. The van der Waals surface area contributed by atoms with Crippen molar-refractivity contribution >= 4 is 27.5 Å². The van der Waals surface area contributed by atoms with Gasteiger partial charge in [-0.2, -0.15) is 0 Å². The fourth-order valence-corrected chi connectivity index (χ4v) is 3.77. The van der Waals surface area contributed by atoms with Crippen LogP contribution >= 0.6 is 11.6 Å². The molecule has 0 aliphatic carbocycles. The highest BCUT2D eigenvalue weighted by atomic mass is 35.5. The Kier molecular flexibility index (Phi) is 5.08. The van der Waals surface area contributed by atoms with E-state index in [1.807, 2.05) is 0 Å². The minimum atomic E-state index is -3.42. The maximum absolute atomic E-state index is 12.3. The average molecular weight is 333 g/mol. The predicted molar refractivity (Wildman–Crippen MR) is 79.3 cm³/mol. The van der Waals surface area contributed by atoms with E-state index in [9.17, 15) is 13.2 Å². The van der Waals surface area contributed by atoms with Crippen molar-refractivity contribution in [1.82, 2.24) is 10.2 Å². The van der Waals surface area contributed by atoms with Gasteiger partial charge in [-0.3, -0.25) is 0 Å². The van der Waals surface area contributed by atoms with Gasteiger partial charge in [0.25, 0.3) is 0 Å². The van der Waals surface area contributed by atoms with Gasteiger partial charge in [0.1, 0.15) is 5.25 Å². The molecule has 1 heterocycles. The molecule has 8 heteroatoms. The molecule has 1 aromatic carbocycles. The van der Waals surface area contributed by atoms with E-state index in [0.29, 0.717) is 18.2 Å². The zero-order chi connectivity index (χ0) is 15.5. The Morgan fingerprint density at radius 1 is 1.38 bits per heavy atom. The molecule has 0 spiro atoms. The summed E-state index contributed by atoms with van der Waals surface area (Å²) in [6.07, 6.45) is 0. The smallest absolute Gasteiger partial charge is 0.317 e. The highest BCUT2D eigenvalue weighted by Crippen LogP contribution is 2.24. The zero-order valence-electron chi connectivity index (χ0n) is 11.6. The first-order valence-electron chi connectivity index (χ1n) is 6.46. The Balaban J connectivity index is 1.91. The van der Waals surface area contributed by atoms with Crippen molar-refractivity contribution in [3.05, 3.63) is 29.3 Å². The number of methoxy groups -OCH3 is 1. The molecule has 1 aromatic rings. The van der Waals surface area contributed by atoms with Crippen LogP contribution in [0.5, 0.6) is 0 Å². The standard InChI is InChI=1S/C13H17ClN2O4S/c1-20-7-6-15-13(17)16-8-12(9-16)21(18,19)11-4-2-10(14)3-5-11/h2-5,12H,6-9H2,1H3,(H,15,17). The molecule has 0 unspecified atom stereocenters. The second-order valence-corrected chi connectivity index (χ2v) is 7.42. The van der Waals surface area contributed by atoms with Crippen molar-refractivity contribution in [2.24, 2.45) is 0 Å². The Morgan fingerprint density at radius 2 is 2.00 bits per heavy atom. The molecule has 6 nitrogen and oxygen atoms in total. The van der Waals surface area contributed by atoms with E-state index >= 15 is 0 Å². The normalized spacial score (nSPS) is 15.6. The monoisotopic (exact) mass is 332 g/mol. The van der Waals surface area contributed by atoms with Gasteiger partial charge in [0.2, 0.25) is 0 Å². The number of nitrogens with zero attached hydrogens (tertiary/aromatic N) is 1. The largest absolute Gasteiger partial charge is 0.383 e. The molecule has 1 N–H and O–H groups in total. The average Bonchev–Trinajstić information content (AvgIpc) is 2.37. The summed E-state index contributed by atoms with van der Waals surface area (Å²) >= 11 is 5.75.